The molecular weight excluding hydrogens is 316 g/mol. The number of fused-ring (bicyclic) bond motifs is 1. The van der Waals surface area contributed by atoms with Crippen LogP contribution >= 0.6 is 11.6 Å². The summed E-state index contributed by atoms with van der Waals surface area (Å²) in [5, 5.41) is 0.447. The number of aryl methyl sites for hydroxylation is 1. The van der Waals surface area contributed by atoms with Crippen LogP contribution in [0.15, 0.2) is 48.7 Å². The number of para-hydroxylation sites is 2. The first-order valence-electron chi connectivity index (χ1n) is 6.93. The zero-order valence-corrected chi connectivity index (χ0v) is 13.1. The third-order valence-corrected chi connectivity index (χ3v) is 3.37. The van der Waals surface area contributed by atoms with Gasteiger partial charge in [-0.1, -0.05) is 29.8 Å². The Morgan fingerprint density at radius 2 is 1.96 bits per heavy atom. The largest absolute Gasteiger partial charge is 0.480 e. The minimum Gasteiger partial charge on any atom is -0.480 e. The van der Waals surface area contributed by atoms with Gasteiger partial charge >= 0.3 is 5.97 Å². The van der Waals surface area contributed by atoms with E-state index in [4.69, 9.17) is 21.1 Å². The number of hydrogen-bond donors (Lipinski definition) is 0. The van der Waals surface area contributed by atoms with Crippen LogP contribution in [0.1, 0.15) is 5.56 Å². The minimum atomic E-state index is -0.578. The van der Waals surface area contributed by atoms with Crippen LogP contribution in [0.4, 0.5) is 0 Å². The van der Waals surface area contributed by atoms with E-state index in [1.54, 1.807) is 18.2 Å². The van der Waals surface area contributed by atoms with Crippen LogP contribution in [0, 0.1) is 6.92 Å². The second kappa shape index (κ2) is 6.62. The summed E-state index contributed by atoms with van der Waals surface area (Å²) < 4.78 is 10.5. The predicted octanol–water partition coefficient (Wildman–Crippen LogP) is 3.58. The first-order chi connectivity index (χ1) is 11.1. The van der Waals surface area contributed by atoms with Crippen molar-refractivity contribution in [1.82, 2.24) is 9.97 Å². The lowest BCUT2D eigenvalue weighted by Gasteiger charge is -2.08. The summed E-state index contributed by atoms with van der Waals surface area (Å²) >= 11 is 6.04. The molecule has 1 aromatic heterocycles. The molecule has 1 heterocycles. The third kappa shape index (κ3) is 3.76. The van der Waals surface area contributed by atoms with Gasteiger partial charge in [0.15, 0.2) is 6.61 Å². The molecule has 0 aliphatic rings. The normalized spacial score (nSPS) is 10.5. The SMILES string of the molecule is Cc1ccc(OCC(=O)Oc2cnc3ccccc3n2)c(Cl)c1. The van der Waals surface area contributed by atoms with Crippen molar-refractivity contribution in [1.29, 1.82) is 0 Å². The van der Waals surface area contributed by atoms with Gasteiger partial charge in [0.2, 0.25) is 5.88 Å². The van der Waals surface area contributed by atoms with Gasteiger partial charge in [-0.05, 0) is 36.8 Å². The van der Waals surface area contributed by atoms with E-state index in [9.17, 15) is 4.79 Å². The molecule has 0 unspecified atom stereocenters. The van der Waals surface area contributed by atoms with E-state index in [0.29, 0.717) is 16.3 Å². The Kier molecular flexibility index (Phi) is 4.39. The highest BCUT2D eigenvalue weighted by molar-refractivity contribution is 6.32. The summed E-state index contributed by atoms with van der Waals surface area (Å²) in [6, 6.07) is 12.6. The molecule has 23 heavy (non-hydrogen) atoms. The van der Waals surface area contributed by atoms with E-state index in [1.165, 1.54) is 6.20 Å². The Balaban J connectivity index is 1.64. The van der Waals surface area contributed by atoms with Gasteiger partial charge in [-0.3, -0.25) is 0 Å². The molecule has 0 bridgehead atoms. The lowest BCUT2D eigenvalue weighted by molar-refractivity contribution is -0.136. The molecule has 0 atom stereocenters. The standard InChI is InChI=1S/C17H13ClN2O3/c1-11-6-7-15(12(18)8-11)22-10-17(21)23-16-9-19-13-4-2-3-5-14(13)20-16/h2-9H,10H2,1H3. The zero-order valence-electron chi connectivity index (χ0n) is 12.3. The van der Waals surface area contributed by atoms with Crippen molar-refractivity contribution in [3.8, 4) is 11.6 Å². The molecule has 0 saturated carbocycles. The third-order valence-electron chi connectivity index (χ3n) is 3.08. The van der Waals surface area contributed by atoms with Crippen LogP contribution in [0.5, 0.6) is 11.6 Å². The van der Waals surface area contributed by atoms with E-state index < -0.39 is 5.97 Å². The van der Waals surface area contributed by atoms with E-state index in [2.05, 4.69) is 9.97 Å². The molecular formula is C17H13ClN2O3. The molecule has 0 aliphatic carbocycles. The van der Waals surface area contributed by atoms with Gasteiger partial charge < -0.3 is 9.47 Å². The van der Waals surface area contributed by atoms with Crippen molar-refractivity contribution < 1.29 is 14.3 Å². The average molecular weight is 329 g/mol. The molecule has 2 aromatic carbocycles. The monoisotopic (exact) mass is 328 g/mol. The number of nitrogens with zero attached hydrogens (tertiary/aromatic N) is 2. The summed E-state index contributed by atoms with van der Waals surface area (Å²) in [7, 11) is 0. The smallest absolute Gasteiger partial charge is 0.350 e. The molecule has 0 amide bonds. The molecule has 0 aliphatic heterocycles. The molecule has 116 valence electrons. The molecule has 0 fully saturated rings. The first-order valence-corrected chi connectivity index (χ1v) is 7.31. The second-order valence-electron chi connectivity index (χ2n) is 4.89. The Morgan fingerprint density at radius 1 is 1.17 bits per heavy atom. The first kappa shape index (κ1) is 15.2. The molecule has 0 saturated heterocycles. The van der Waals surface area contributed by atoms with Gasteiger partial charge in [-0.25, -0.2) is 14.8 Å². The van der Waals surface area contributed by atoms with Crippen molar-refractivity contribution in [3.63, 3.8) is 0 Å². The fourth-order valence-corrected chi connectivity index (χ4v) is 2.28. The van der Waals surface area contributed by atoms with Crippen LogP contribution in [-0.2, 0) is 4.79 Å². The van der Waals surface area contributed by atoms with Gasteiger partial charge in [-0.15, -0.1) is 0 Å². The fourth-order valence-electron chi connectivity index (χ4n) is 2.00. The van der Waals surface area contributed by atoms with Gasteiger partial charge in [0, 0.05) is 0 Å². The second-order valence-corrected chi connectivity index (χ2v) is 5.30. The fraction of sp³-hybridized carbons (Fsp3) is 0.118. The van der Waals surface area contributed by atoms with Crippen molar-refractivity contribution >= 4 is 28.6 Å². The molecule has 3 aromatic rings. The van der Waals surface area contributed by atoms with Crippen molar-refractivity contribution in [2.75, 3.05) is 6.61 Å². The lowest BCUT2D eigenvalue weighted by atomic mass is 10.2. The van der Waals surface area contributed by atoms with Crippen molar-refractivity contribution in [2.45, 2.75) is 6.92 Å². The maximum atomic E-state index is 11.8. The summed E-state index contributed by atoms with van der Waals surface area (Å²) in [6.45, 7) is 1.65. The summed E-state index contributed by atoms with van der Waals surface area (Å²) in [6.07, 6.45) is 1.40. The number of rotatable bonds is 4. The highest BCUT2D eigenvalue weighted by Crippen LogP contribution is 2.25. The Hall–Kier alpha value is -2.66. The van der Waals surface area contributed by atoms with E-state index in [0.717, 1.165) is 11.1 Å². The van der Waals surface area contributed by atoms with Gasteiger partial charge in [0.25, 0.3) is 0 Å². The number of ether oxygens (including phenoxy) is 2. The highest BCUT2D eigenvalue weighted by Gasteiger charge is 2.10. The topological polar surface area (TPSA) is 61.3 Å². The summed E-state index contributed by atoms with van der Waals surface area (Å²) in [5.41, 5.74) is 2.40. The number of hydrogen-bond acceptors (Lipinski definition) is 5. The lowest BCUT2D eigenvalue weighted by Crippen LogP contribution is -2.18. The van der Waals surface area contributed by atoms with Crippen LogP contribution in [0.3, 0.4) is 0 Å². The van der Waals surface area contributed by atoms with Gasteiger partial charge in [0.05, 0.1) is 22.3 Å². The van der Waals surface area contributed by atoms with Gasteiger partial charge in [0.1, 0.15) is 5.75 Å². The molecule has 5 nitrogen and oxygen atoms in total. The van der Waals surface area contributed by atoms with Crippen LogP contribution in [0.2, 0.25) is 5.02 Å². The Bertz CT molecular complexity index is 867. The van der Waals surface area contributed by atoms with Crippen LogP contribution in [-0.4, -0.2) is 22.5 Å². The Labute approximate surface area is 137 Å². The summed E-state index contributed by atoms with van der Waals surface area (Å²) in [4.78, 5) is 20.2. The number of aromatic nitrogens is 2. The number of benzene rings is 2. The predicted molar refractivity (Wildman–Crippen MR) is 86.9 cm³/mol. The van der Waals surface area contributed by atoms with E-state index in [-0.39, 0.29) is 12.5 Å². The van der Waals surface area contributed by atoms with Gasteiger partial charge in [-0.2, -0.15) is 0 Å². The highest BCUT2D eigenvalue weighted by atomic mass is 35.5. The van der Waals surface area contributed by atoms with Crippen LogP contribution in [0.25, 0.3) is 11.0 Å². The molecule has 0 spiro atoms. The molecule has 0 N–H and O–H groups in total. The van der Waals surface area contributed by atoms with Crippen molar-refractivity contribution in [2.24, 2.45) is 0 Å². The maximum absolute atomic E-state index is 11.8. The van der Waals surface area contributed by atoms with Crippen LogP contribution < -0.4 is 9.47 Å². The Morgan fingerprint density at radius 3 is 2.74 bits per heavy atom. The quantitative estimate of drug-likeness (QED) is 0.685. The number of carbonyl (C=O) groups excluding carboxylic acids is 1. The number of halogens is 1. The zero-order chi connectivity index (χ0) is 16.2. The van der Waals surface area contributed by atoms with Crippen molar-refractivity contribution in [3.05, 3.63) is 59.2 Å². The molecule has 0 radical (unpaired) electrons. The summed E-state index contributed by atoms with van der Waals surface area (Å²) in [5.74, 6) is -0.0164. The number of esters is 1. The molecule has 3 rings (SSSR count). The minimum absolute atomic E-state index is 0.132. The number of carbonyl (C=O) groups is 1. The van der Waals surface area contributed by atoms with E-state index in [1.807, 2.05) is 31.2 Å². The van der Waals surface area contributed by atoms with E-state index >= 15 is 0 Å². The average Bonchev–Trinajstić information content (AvgIpc) is 2.54. The molecule has 6 heteroatoms. The maximum Gasteiger partial charge on any atom is 0.350 e.